The molecule has 168 valence electrons. The number of aromatic hydroxyl groups is 1. The van der Waals surface area contributed by atoms with Gasteiger partial charge in [-0.3, -0.25) is 4.98 Å². The molecule has 2 aromatic rings. The molecule has 1 heterocycles. The highest BCUT2D eigenvalue weighted by Crippen LogP contribution is 2.42. The minimum atomic E-state index is -1.16. The maximum Gasteiger partial charge on any atom is 0.341 e. The summed E-state index contributed by atoms with van der Waals surface area (Å²) >= 11 is 0. The Kier molecular flexibility index (Phi) is 7.15. The zero-order chi connectivity index (χ0) is 22.6. The number of methoxy groups -OCH3 is 1. The van der Waals surface area contributed by atoms with Crippen molar-refractivity contribution in [3.8, 4) is 11.5 Å². The molecule has 2 N–H and O–H groups in total. The van der Waals surface area contributed by atoms with Crippen LogP contribution in [-0.4, -0.2) is 41.5 Å². The molecule has 0 unspecified atom stereocenters. The third-order valence-electron chi connectivity index (χ3n) is 6.20. The first-order chi connectivity index (χ1) is 14.8. The standard InChI is InChI=1S/C24H30FNO5/c1-15-11-20(31-13-21(28)29)22(25)16(2)18(15)12-17-7-8-19(27)23(26-17)24(14-30-3)9-5-4-6-10-24/h7-8,11,27H,4-6,9-10,12-14H2,1-3H3,(H,28,29). The van der Waals surface area contributed by atoms with Gasteiger partial charge in [0.25, 0.3) is 0 Å². The summed E-state index contributed by atoms with van der Waals surface area (Å²) in [7, 11) is 1.67. The topological polar surface area (TPSA) is 88.9 Å². The van der Waals surface area contributed by atoms with Gasteiger partial charge in [-0.15, -0.1) is 0 Å². The van der Waals surface area contributed by atoms with E-state index in [4.69, 9.17) is 19.6 Å². The van der Waals surface area contributed by atoms with Crippen LogP contribution >= 0.6 is 0 Å². The molecule has 1 saturated carbocycles. The Bertz CT molecular complexity index is 948. The van der Waals surface area contributed by atoms with E-state index in [1.165, 1.54) is 12.5 Å². The Balaban J connectivity index is 1.94. The predicted octanol–water partition coefficient (Wildman–Crippen LogP) is 4.45. The number of carboxylic acids is 1. The number of aliphatic carboxylic acids is 1. The zero-order valence-electron chi connectivity index (χ0n) is 18.3. The fourth-order valence-corrected chi connectivity index (χ4v) is 4.59. The van der Waals surface area contributed by atoms with E-state index in [-0.39, 0.29) is 16.9 Å². The summed E-state index contributed by atoms with van der Waals surface area (Å²) in [6, 6.07) is 4.94. The number of aryl methyl sites for hydroxylation is 1. The number of nitrogens with zero attached hydrogens (tertiary/aromatic N) is 1. The molecule has 6 nitrogen and oxygen atoms in total. The molecule has 0 spiro atoms. The second-order valence-corrected chi connectivity index (χ2v) is 8.41. The van der Waals surface area contributed by atoms with Gasteiger partial charge < -0.3 is 19.7 Å². The number of ether oxygens (including phenoxy) is 2. The van der Waals surface area contributed by atoms with E-state index < -0.39 is 18.4 Å². The van der Waals surface area contributed by atoms with Gasteiger partial charge in [0.15, 0.2) is 18.2 Å². The van der Waals surface area contributed by atoms with Crippen molar-refractivity contribution in [2.24, 2.45) is 0 Å². The van der Waals surface area contributed by atoms with E-state index in [1.807, 2.05) is 6.92 Å². The van der Waals surface area contributed by atoms with Gasteiger partial charge in [0.1, 0.15) is 5.75 Å². The Morgan fingerprint density at radius 1 is 1.23 bits per heavy atom. The van der Waals surface area contributed by atoms with Gasteiger partial charge in [0, 0.05) is 24.6 Å². The normalized spacial score (nSPS) is 15.6. The maximum absolute atomic E-state index is 14.8. The van der Waals surface area contributed by atoms with Crippen LogP contribution in [0.2, 0.25) is 0 Å². The van der Waals surface area contributed by atoms with Crippen LogP contribution in [0.15, 0.2) is 18.2 Å². The summed E-state index contributed by atoms with van der Waals surface area (Å²) in [5, 5.41) is 19.4. The van der Waals surface area contributed by atoms with Gasteiger partial charge in [-0.25, -0.2) is 9.18 Å². The Labute approximate surface area is 182 Å². The average Bonchev–Trinajstić information content (AvgIpc) is 2.74. The molecule has 7 heteroatoms. The minimum absolute atomic E-state index is 0.0678. The fraction of sp³-hybridized carbons (Fsp3) is 0.500. The minimum Gasteiger partial charge on any atom is -0.506 e. The first-order valence-electron chi connectivity index (χ1n) is 10.6. The molecule has 0 radical (unpaired) electrons. The molecular weight excluding hydrogens is 401 g/mol. The first-order valence-corrected chi connectivity index (χ1v) is 10.6. The van der Waals surface area contributed by atoms with Gasteiger partial charge in [-0.05, 0) is 61.6 Å². The number of rotatable bonds is 8. The van der Waals surface area contributed by atoms with Crippen LogP contribution in [0.3, 0.4) is 0 Å². The summed E-state index contributed by atoms with van der Waals surface area (Å²) < 4.78 is 25.4. The number of carboxylic acid groups (broad SMARTS) is 1. The molecule has 31 heavy (non-hydrogen) atoms. The van der Waals surface area contributed by atoms with Crippen LogP contribution in [0.5, 0.6) is 11.5 Å². The summed E-state index contributed by atoms with van der Waals surface area (Å²) in [5.41, 5.74) is 3.05. The molecule has 1 aromatic heterocycles. The highest BCUT2D eigenvalue weighted by atomic mass is 19.1. The fourth-order valence-electron chi connectivity index (χ4n) is 4.59. The predicted molar refractivity (Wildman–Crippen MR) is 114 cm³/mol. The van der Waals surface area contributed by atoms with Gasteiger partial charge in [0.2, 0.25) is 0 Å². The van der Waals surface area contributed by atoms with Crippen molar-refractivity contribution in [3.05, 3.63) is 52.1 Å². The third kappa shape index (κ3) is 4.98. The molecule has 0 amide bonds. The Morgan fingerprint density at radius 3 is 2.58 bits per heavy atom. The van der Waals surface area contributed by atoms with Crippen molar-refractivity contribution in [1.82, 2.24) is 4.98 Å². The second kappa shape index (κ2) is 9.64. The van der Waals surface area contributed by atoms with Crippen LogP contribution in [0.1, 0.15) is 60.2 Å². The maximum atomic E-state index is 14.8. The van der Waals surface area contributed by atoms with Crippen molar-refractivity contribution in [2.75, 3.05) is 20.3 Å². The van der Waals surface area contributed by atoms with Crippen LogP contribution in [0.4, 0.5) is 4.39 Å². The molecule has 3 rings (SSSR count). The monoisotopic (exact) mass is 431 g/mol. The van der Waals surface area contributed by atoms with E-state index in [9.17, 15) is 14.3 Å². The zero-order valence-corrected chi connectivity index (χ0v) is 18.3. The molecule has 0 saturated heterocycles. The average molecular weight is 432 g/mol. The first kappa shape index (κ1) is 23.0. The molecule has 1 aliphatic rings. The highest BCUT2D eigenvalue weighted by Gasteiger charge is 2.37. The summed E-state index contributed by atoms with van der Waals surface area (Å²) in [4.78, 5) is 15.6. The molecule has 0 bridgehead atoms. The Hall–Kier alpha value is -2.67. The van der Waals surface area contributed by atoms with Gasteiger partial charge in [-0.1, -0.05) is 19.3 Å². The largest absolute Gasteiger partial charge is 0.506 e. The summed E-state index contributed by atoms with van der Waals surface area (Å²) in [6.45, 7) is 3.39. The van der Waals surface area contributed by atoms with E-state index in [0.29, 0.717) is 24.3 Å². The van der Waals surface area contributed by atoms with Crippen LogP contribution in [-0.2, 0) is 21.4 Å². The third-order valence-corrected chi connectivity index (χ3v) is 6.20. The number of aromatic nitrogens is 1. The molecular formula is C24H30FNO5. The Morgan fingerprint density at radius 2 is 1.94 bits per heavy atom. The number of carbonyl (C=O) groups is 1. The van der Waals surface area contributed by atoms with Crippen molar-refractivity contribution >= 4 is 5.97 Å². The SMILES string of the molecule is COCC1(c2nc(Cc3c(C)cc(OCC(=O)O)c(F)c3C)ccc2O)CCCCC1. The molecule has 0 aliphatic heterocycles. The van der Waals surface area contributed by atoms with Crippen LogP contribution < -0.4 is 4.74 Å². The van der Waals surface area contributed by atoms with E-state index in [1.54, 1.807) is 26.2 Å². The van der Waals surface area contributed by atoms with Crippen molar-refractivity contribution in [1.29, 1.82) is 0 Å². The quantitative estimate of drug-likeness (QED) is 0.642. The van der Waals surface area contributed by atoms with Gasteiger partial charge in [0.05, 0.1) is 12.3 Å². The molecule has 1 fully saturated rings. The molecule has 1 aliphatic carbocycles. The lowest BCUT2D eigenvalue weighted by atomic mass is 9.71. The van der Waals surface area contributed by atoms with E-state index in [0.717, 1.165) is 42.5 Å². The number of halogens is 1. The molecule has 1 aromatic carbocycles. The lowest BCUT2D eigenvalue weighted by Gasteiger charge is -2.36. The number of hydrogen-bond donors (Lipinski definition) is 2. The van der Waals surface area contributed by atoms with Crippen LogP contribution in [0.25, 0.3) is 0 Å². The smallest absolute Gasteiger partial charge is 0.341 e. The lowest BCUT2D eigenvalue weighted by Crippen LogP contribution is -2.35. The molecule has 0 atom stereocenters. The highest BCUT2D eigenvalue weighted by molar-refractivity contribution is 5.68. The second-order valence-electron chi connectivity index (χ2n) is 8.41. The number of pyridine rings is 1. The summed E-state index contributed by atoms with van der Waals surface area (Å²) in [5.74, 6) is -1.63. The number of benzene rings is 1. The van der Waals surface area contributed by atoms with Gasteiger partial charge in [-0.2, -0.15) is 0 Å². The van der Waals surface area contributed by atoms with Gasteiger partial charge >= 0.3 is 5.97 Å². The van der Waals surface area contributed by atoms with Crippen molar-refractivity contribution < 1.29 is 28.9 Å². The lowest BCUT2D eigenvalue weighted by molar-refractivity contribution is -0.139. The number of hydrogen-bond acceptors (Lipinski definition) is 5. The van der Waals surface area contributed by atoms with Crippen molar-refractivity contribution in [3.63, 3.8) is 0 Å². The van der Waals surface area contributed by atoms with Crippen LogP contribution in [0, 0.1) is 19.7 Å². The van der Waals surface area contributed by atoms with Crippen molar-refractivity contribution in [2.45, 2.75) is 57.8 Å². The summed E-state index contributed by atoms with van der Waals surface area (Å²) in [6.07, 6.45) is 5.51. The van der Waals surface area contributed by atoms with E-state index in [2.05, 4.69) is 0 Å². The van der Waals surface area contributed by atoms with E-state index >= 15 is 0 Å².